The van der Waals surface area contributed by atoms with E-state index in [-0.39, 0.29) is 16.9 Å². The molecule has 1 fully saturated rings. The van der Waals surface area contributed by atoms with E-state index in [1.54, 1.807) is 12.1 Å². The Morgan fingerprint density at radius 1 is 1.43 bits per heavy atom. The van der Waals surface area contributed by atoms with Gasteiger partial charge < -0.3 is 10.5 Å². The molecule has 0 amide bonds. The second-order valence-electron chi connectivity index (χ2n) is 7.02. The van der Waals surface area contributed by atoms with Crippen LogP contribution in [0.3, 0.4) is 0 Å². The summed E-state index contributed by atoms with van der Waals surface area (Å²) in [5, 5.41) is 0. The fraction of sp³-hybridized carbons (Fsp3) is 0.588. The number of thiocarbonyl (C=S) groups is 1. The second-order valence-corrected chi connectivity index (χ2v) is 7.46. The summed E-state index contributed by atoms with van der Waals surface area (Å²) in [5.74, 6) is 0.351. The van der Waals surface area contributed by atoms with Crippen LogP contribution in [-0.4, -0.2) is 11.1 Å². The Balaban J connectivity index is 1.98. The quantitative estimate of drug-likeness (QED) is 0.847. The fourth-order valence-corrected chi connectivity index (χ4v) is 3.54. The molecule has 0 aliphatic heterocycles. The molecular weight excluding hydrogens is 285 g/mol. The summed E-state index contributed by atoms with van der Waals surface area (Å²) in [6.45, 7) is 7.11. The van der Waals surface area contributed by atoms with Crippen molar-refractivity contribution in [1.82, 2.24) is 0 Å². The SMILES string of the molecule is CC1CC(OCc2ccc(C(N)=S)cc2F)CC(C)(C)C1. The highest BCUT2D eigenvalue weighted by Crippen LogP contribution is 2.39. The third-order valence-electron chi connectivity index (χ3n) is 4.16. The van der Waals surface area contributed by atoms with Crippen LogP contribution in [0.2, 0.25) is 0 Å². The Morgan fingerprint density at radius 2 is 2.14 bits per heavy atom. The van der Waals surface area contributed by atoms with E-state index in [0.717, 1.165) is 12.8 Å². The van der Waals surface area contributed by atoms with Crippen molar-refractivity contribution >= 4 is 17.2 Å². The number of benzene rings is 1. The lowest BCUT2D eigenvalue weighted by Gasteiger charge is -2.38. The maximum absolute atomic E-state index is 14.0. The van der Waals surface area contributed by atoms with Crippen molar-refractivity contribution < 1.29 is 9.13 Å². The number of ether oxygens (including phenoxy) is 1. The van der Waals surface area contributed by atoms with E-state index in [9.17, 15) is 4.39 Å². The van der Waals surface area contributed by atoms with E-state index >= 15 is 0 Å². The summed E-state index contributed by atoms with van der Waals surface area (Å²) in [4.78, 5) is 0.212. The van der Waals surface area contributed by atoms with Gasteiger partial charge in [0.05, 0.1) is 12.7 Å². The summed E-state index contributed by atoms with van der Waals surface area (Å²) in [7, 11) is 0. The van der Waals surface area contributed by atoms with Crippen molar-refractivity contribution in [3.05, 3.63) is 35.1 Å². The molecule has 2 unspecified atom stereocenters. The van der Waals surface area contributed by atoms with Crippen molar-refractivity contribution in [3.63, 3.8) is 0 Å². The van der Waals surface area contributed by atoms with Gasteiger partial charge in [0, 0.05) is 11.1 Å². The van der Waals surface area contributed by atoms with Gasteiger partial charge in [0.2, 0.25) is 0 Å². The predicted molar refractivity (Wildman–Crippen MR) is 87.7 cm³/mol. The maximum Gasteiger partial charge on any atom is 0.129 e. The van der Waals surface area contributed by atoms with Gasteiger partial charge >= 0.3 is 0 Å². The van der Waals surface area contributed by atoms with Crippen LogP contribution in [0.15, 0.2) is 18.2 Å². The highest BCUT2D eigenvalue weighted by Gasteiger charge is 2.32. The lowest BCUT2D eigenvalue weighted by atomic mass is 9.71. The third kappa shape index (κ3) is 4.48. The molecule has 0 heterocycles. The van der Waals surface area contributed by atoms with Crippen LogP contribution in [0.5, 0.6) is 0 Å². The molecule has 2 atom stereocenters. The first-order chi connectivity index (χ1) is 9.77. The van der Waals surface area contributed by atoms with Gasteiger partial charge in [0.1, 0.15) is 10.8 Å². The highest BCUT2D eigenvalue weighted by atomic mass is 32.1. The highest BCUT2D eigenvalue weighted by molar-refractivity contribution is 7.80. The van der Waals surface area contributed by atoms with E-state index in [4.69, 9.17) is 22.7 Å². The van der Waals surface area contributed by atoms with E-state index in [2.05, 4.69) is 20.8 Å². The first kappa shape index (κ1) is 16.4. The van der Waals surface area contributed by atoms with Gasteiger partial charge in [0.15, 0.2) is 0 Å². The van der Waals surface area contributed by atoms with Crippen molar-refractivity contribution in [1.29, 1.82) is 0 Å². The monoisotopic (exact) mass is 309 g/mol. The van der Waals surface area contributed by atoms with Crippen LogP contribution in [0, 0.1) is 17.2 Å². The van der Waals surface area contributed by atoms with Crippen molar-refractivity contribution in [2.24, 2.45) is 17.1 Å². The molecule has 0 saturated heterocycles. The number of hydrogen-bond acceptors (Lipinski definition) is 2. The van der Waals surface area contributed by atoms with Gasteiger partial charge in [-0.15, -0.1) is 0 Å². The molecule has 21 heavy (non-hydrogen) atoms. The van der Waals surface area contributed by atoms with Crippen LogP contribution in [0.4, 0.5) is 4.39 Å². The molecule has 2 N–H and O–H groups in total. The van der Waals surface area contributed by atoms with Crippen LogP contribution in [-0.2, 0) is 11.3 Å². The lowest BCUT2D eigenvalue weighted by molar-refractivity contribution is -0.0324. The first-order valence-corrected chi connectivity index (χ1v) is 7.87. The molecular formula is C17H24FNOS. The molecule has 0 radical (unpaired) electrons. The number of halogens is 1. The van der Waals surface area contributed by atoms with Gasteiger partial charge in [0.25, 0.3) is 0 Å². The smallest absolute Gasteiger partial charge is 0.129 e. The van der Waals surface area contributed by atoms with E-state index in [0.29, 0.717) is 29.1 Å². The lowest BCUT2D eigenvalue weighted by Crippen LogP contribution is -2.32. The number of nitrogens with two attached hydrogens (primary N) is 1. The molecule has 1 aromatic rings. The molecule has 4 heteroatoms. The summed E-state index contributed by atoms with van der Waals surface area (Å²) in [6.07, 6.45) is 3.52. The van der Waals surface area contributed by atoms with E-state index in [1.165, 1.54) is 12.5 Å². The molecule has 0 spiro atoms. The predicted octanol–water partition coefficient (Wildman–Crippen LogP) is 4.19. The summed E-state index contributed by atoms with van der Waals surface area (Å²) >= 11 is 4.85. The minimum Gasteiger partial charge on any atom is -0.389 e. The first-order valence-electron chi connectivity index (χ1n) is 7.47. The summed E-state index contributed by atoms with van der Waals surface area (Å²) in [5.41, 5.74) is 6.92. The molecule has 2 nitrogen and oxygen atoms in total. The average molecular weight is 309 g/mol. The number of rotatable bonds is 4. The van der Waals surface area contributed by atoms with Gasteiger partial charge in [-0.25, -0.2) is 4.39 Å². The molecule has 0 bridgehead atoms. The minimum absolute atomic E-state index is 0.207. The Morgan fingerprint density at radius 3 is 2.71 bits per heavy atom. The van der Waals surface area contributed by atoms with Crippen LogP contribution < -0.4 is 5.73 Å². The van der Waals surface area contributed by atoms with E-state index < -0.39 is 0 Å². The van der Waals surface area contributed by atoms with Gasteiger partial charge in [-0.1, -0.05) is 45.1 Å². The fourth-order valence-electron chi connectivity index (χ4n) is 3.41. The normalized spacial score (nSPS) is 24.8. The maximum atomic E-state index is 14.0. The Bertz CT molecular complexity index is 530. The van der Waals surface area contributed by atoms with Gasteiger partial charge in [-0.2, -0.15) is 0 Å². The van der Waals surface area contributed by atoms with Crippen LogP contribution >= 0.6 is 12.2 Å². The third-order valence-corrected chi connectivity index (χ3v) is 4.39. The van der Waals surface area contributed by atoms with Crippen LogP contribution in [0.25, 0.3) is 0 Å². The van der Waals surface area contributed by atoms with E-state index in [1.807, 2.05) is 0 Å². The summed E-state index contributed by atoms with van der Waals surface area (Å²) < 4.78 is 20.0. The Kier molecular flexibility index (Phi) is 4.99. The van der Waals surface area contributed by atoms with Crippen molar-refractivity contribution in [3.8, 4) is 0 Å². The van der Waals surface area contributed by atoms with Gasteiger partial charge in [-0.05, 0) is 36.7 Å². The summed E-state index contributed by atoms with van der Waals surface area (Å²) in [6, 6.07) is 4.84. The zero-order valence-corrected chi connectivity index (χ0v) is 13.8. The molecule has 1 aliphatic rings. The molecule has 1 aliphatic carbocycles. The minimum atomic E-state index is -0.302. The number of hydrogen-bond donors (Lipinski definition) is 1. The Hall–Kier alpha value is -1.00. The second kappa shape index (κ2) is 6.41. The van der Waals surface area contributed by atoms with Crippen molar-refractivity contribution in [2.45, 2.75) is 52.7 Å². The largest absolute Gasteiger partial charge is 0.389 e. The molecule has 116 valence electrons. The molecule has 0 aromatic heterocycles. The molecule has 1 saturated carbocycles. The Labute approximate surface area is 131 Å². The van der Waals surface area contributed by atoms with Crippen LogP contribution in [0.1, 0.15) is 51.2 Å². The molecule has 2 rings (SSSR count). The zero-order chi connectivity index (χ0) is 15.6. The average Bonchev–Trinajstić information content (AvgIpc) is 2.34. The topological polar surface area (TPSA) is 35.2 Å². The standard InChI is InChI=1S/C17H24FNOS/c1-11-6-14(9-17(2,3)8-11)20-10-13-5-4-12(16(19)21)7-15(13)18/h4-5,7,11,14H,6,8-10H2,1-3H3,(H2,19,21). The molecule has 1 aromatic carbocycles. The zero-order valence-electron chi connectivity index (χ0n) is 13.0. The van der Waals surface area contributed by atoms with Gasteiger partial charge in [-0.3, -0.25) is 0 Å². The van der Waals surface area contributed by atoms with Crippen molar-refractivity contribution in [2.75, 3.05) is 0 Å².